The minimum atomic E-state index is -3.78. The van der Waals surface area contributed by atoms with Gasteiger partial charge >= 0.3 is 0 Å². The van der Waals surface area contributed by atoms with Crippen LogP contribution in [-0.2, 0) is 26.2 Å². The van der Waals surface area contributed by atoms with Crippen LogP contribution in [0.3, 0.4) is 0 Å². The molecule has 0 heterocycles. The second-order valence-corrected chi connectivity index (χ2v) is 12.0. The van der Waals surface area contributed by atoms with Crippen LogP contribution in [0.2, 0.25) is 0 Å². The zero-order valence-corrected chi connectivity index (χ0v) is 22.3. The van der Waals surface area contributed by atoms with Gasteiger partial charge in [0.25, 0.3) is 0 Å². The smallest absolute Gasteiger partial charge is 0.244 e. The quantitative estimate of drug-likeness (QED) is 0.478. The van der Waals surface area contributed by atoms with Crippen molar-refractivity contribution in [1.82, 2.24) is 10.2 Å². The van der Waals surface area contributed by atoms with Gasteiger partial charge in [0.2, 0.25) is 21.8 Å². The standard InChI is InChI=1S/C23H29FIN3O4S/c1-16(22(30)26-23(2,3)4)27(14-17-6-8-18(24)9-7-17)21(29)15-28(33(5,31)32)20-12-10-19(25)11-13-20/h6-13,16H,14-15H2,1-5H3,(H,26,30)/t16-/m1/s1. The lowest BCUT2D eigenvalue weighted by atomic mass is 10.1. The van der Waals surface area contributed by atoms with E-state index in [1.807, 2.05) is 20.8 Å². The van der Waals surface area contributed by atoms with E-state index in [0.717, 1.165) is 14.1 Å². The van der Waals surface area contributed by atoms with Crippen LogP contribution in [0.25, 0.3) is 0 Å². The number of anilines is 1. The van der Waals surface area contributed by atoms with Crippen LogP contribution < -0.4 is 9.62 Å². The Balaban J connectivity index is 2.38. The molecule has 10 heteroatoms. The van der Waals surface area contributed by atoms with Crippen LogP contribution in [0, 0.1) is 9.39 Å². The highest BCUT2D eigenvalue weighted by Crippen LogP contribution is 2.20. The summed E-state index contributed by atoms with van der Waals surface area (Å²) >= 11 is 2.10. The number of carbonyl (C=O) groups excluding carboxylic acids is 2. The van der Waals surface area contributed by atoms with E-state index in [-0.39, 0.29) is 12.5 Å². The first-order valence-corrected chi connectivity index (χ1v) is 13.2. The Morgan fingerprint density at radius 1 is 1.06 bits per heavy atom. The topological polar surface area (TPSA) is 86.8 Å². The first-order valence-electron chi connectivity index (χ1n) is 10.3. The molecule has 1 atom stereocenters. The van der Waals surface area contributed by atoms with Crippen LogP contribution in [0.1, 0.15) is 33.3 Å². The van der Waals surface area contributed by atoms with E-state index in [4.69, 9.17) is 0 Å². The number of sulfonamides is 1. The monoisotopic (exact) mass is 589 g/mol. The van der Waals surface area contributed by atoms with Gasteiger partial charge < -0.3 is 10.2 Å². The molecule has 33 heavy (non-hydrogen) atoms. The molecule has 0 bridgehead atoms. The lowest BCUT2D eigenvalue weighted by molar-refractivity contribution is -0.140. The van der Waals surface area contributed by atoms with Gasteiger partial charge in [-0.15, -0.1) is 0 Å². The molecule has 2 amide bonds. The fourth-order valence-corrected chi connectivity index (χ4v) is 4.27. The van der Waals surface area contributed by atoms with Gasteiger partial charge in [0.15, 0.2) is 0 Å². The van der Waals surface area contributed by atoms with E-state index in [0.29, 0.717) is 11.3 Å². The number of hydrogen-bond acceptors (Lipinski definition) is 4. The summed E-state index contributed by atoms with van der Waals surface area (Å²) in [4.78, 5) is 27.5. The Labute approximate surface area is 208 Å². The normalized spacial score (nSPS) is 12.7. The Morgan fingerprint density at radius 2 is 1.61 bits per heavy atom. The first kappa shape index (κ1) is 27.0. The van der Waals surface area contributed by atoms with Gasteiger partial charge in [-0.3, -0.25) is 13.9 Å². The maximum Gasteiger partial charge on any atom is 0.244 e. The van der Waals surface area contributed by atoms with Gasteiger partial charge in [-0.25, -0.2) is 12.8 Å². The predicted octanol–water partition coefficient (Wildman–Crippen LogP) is 3.53. The van der Waals surface area contributed by atoms with Crippen LogP contribution >= 0.6 is 22.6 Å². The van der Waals surface area contributed by atoms with Gasteiger partial charge in [0.1, 0.15) is 18.4 Å². The van der Waals surface area contributed by atoms with Crippen molar-refractivity contribution in [3.05, 3.63) is 63.5 Å². The minimum absolute atomic E-state index is 0.0160. The highest BCUT2D eigenvalue weighted by Gasteiger charge is 2.31. The molecule has 0 unspecified atom stereocenters. The average molecular weight is 589 g/mol. The van der Waals surface area contributed by atoms with Crippen molar-refractivity contribution in [3.8, 4) is 0 Å². The molecule has 0 fully saturated rings. The summed E-state index contributed by atoms with van der Waals surface area (Å²) in [6.45, 7) is 6.60. The molecular weight excluding hydrogens is 560 g/mol. The molecule has 180 valence electrons. The van der Waals surface area contributed by atoms with Crippen molar-refractivity contribution in [2.24, 2.45) is 0 Å². The fourth-order valence-electron chi connectivity index (χ4n) is 3.06. The number of nitrogens with one attached hydrogen (secondary N) is 1. The number of rotatable bonds is 8. The lowest BCUT2D eigenvalue weighted by Gasteiger charge is -2.33. The lowest BCUT2D eigenvalue weighted by Crippen LogP contribution is -2.54. The number of nitrogens with zero attached hydrogens (tertiary/aromatic N) is 2. The van der Waals surface area contributed by atoms with Gasteiger partial charge in [-0.1, -0.05) is 12.1 Å². The molecule has 0 spiro atoms. The summed E-state index contributed by atoms with van der Waals surface area (Å²) in [7, 11) is -3.78. The molecule has 0 aliphatic rings. The fraction of sp³-hybridized carbons (Fsp3) is 0.391. The van der Waals surface area contributed by atoms with Crippen LogP contribution in [-0.4, -0.2) is 49.5 Å². The van der Waals surface area contributed by atoms with E-state index in [2.05, 4.69) is 27.9 Å². The number of halogens is 2. The zero-order chi connectivity index (χ0) is 25.0. The third-order valence-electron chi connectivity index (χ3n) is 4.73. The summed E-state index contributed by atoms with van der Waals surface area (Å²) < 4.78 is 40.3. The van der Waals surface area contributed by atoms with Crippen molar-refractivity contribution >= 4 is 50.1 Å². The van der Waals surface area contributed by atoms with E-state index in [1.165, 1.54) is 29.2 Å². The molecule has 0 radical (unpaired) electrons. The summed E-state index contributed by atoms with van der Waals surface area (Å²) in [5.74, 6) is -1.35. The molecule has 0 aliphatic carbocycles. The Kier molecular flexibility index (Phi) is 8.86. The number of hydrogen-bond donors (Lipinski definition) is 1. The van der Waals surface area contributed by atoms with E-state index >= 15 is 0 Å². The molecule has 2 aromatic rings. The van der Waals surface area contributed by atoms with Gasteiger partial charge in [-0.05, 0) is 92.2 Å². The number of benzene rings is 2. The third kappa shape index (κ3) is 8.26. The maximum atomic E-state index is 13.4. The number of amides is 2. The summed E-state index contributed by atoms with van der Waals surface area (Å²) in [6.07, 6.45) is 1.03. The molecule has 0 aliphatic heterocycles. The van der Waals surface area contributed by atoms with Crippen LogP contribution in [0.5, 0.6) is 0 Å². The van der Waals surface area contributed by atoms with Crippen LogP contribution in [0.15, 0.2) is 48.5 Å². The van der Waals surface area contributed by atoms with Gasteiger partial charge in [0, 0.05) is 15.7 Å². The Morgan fingerprint density at radius 3 is 2.09 bits per heavy atom. The minimum Gasteiger partial charge on any atom is -0.350 e. The van der Waals surface area contributed by atoms with E-state index < -0.39 is 39.9 Å². The predicted molar refractivity (Wildman–Crippen MR) is 136 cm³/mol. The molecule has 0 aromatic heterocycles. The van der Waals surface area contributed by atoms with Gasteiger partial charge in [-0.2, -0.15) is 0 Å². The molecule has 2 aromatic carbocycles. The molecule has 2 rings (SSSR count). The van der Waals surface area contributed by atoms with Crippen molar-refractivity contribution in [3.63, 3.8) is 0 Å². The highest BCUT2D eigenvalue weighted by atomic mass is 127. The Hall–Kier alpha value is -2.21. The zero-order valence-electron chi connectivity index (χ0n) is 19.3. The van der Waals surface area contributed by atoms with E-state index in [9.17, 15) is 22.4 Å². The molecule has 7 nitrogen and oxygen atoms in total. The number of carbonyl (C=O) groups is 2. The molecule has 0 saturated carbocycles. The van der Waals surface area contributed by atoms with E-state index in [1.54, 1.807) is 31.2 Å². The largest absolute Gasteiger partial charge is 0.350 e. The summed E-state index contributed by atoms with van der Waals surface area (Å²) in [5, 5.41) is 2.85. The highest BCUT2D eigenvalue weighted by molar-refractivity contribution is 14.1. The maximum absolute atomic E-state index is 13.4. The van der Waals surface area contributed by atoms with Crippen molar-refractivity contribution < 1.29 is 22.4 Å². The average Bonchev–Trinajstić information content (AvgIpc) is 2.69. The van der Waals surface area contributed by atoms with Crippen molar-refractivity contribution in [2.45, 2.75) is 45.8 Å². The van der Waals surface area contributed by atoms with Crippen molar-refractivity contribution in [1.29, 1.82) is 0 Å². The third-order valence-corrected chi connectivity index (χ3v) is 6.59. The second kappa shape index (κ2) is 10.8. The second-order valence-electron chi connectivity index (χ2n) is 8.81. The molecule has 1 N–H and O–H groups in total. The summed E-state index contributed by atoms with van der Waals surface area (Å²) in [5.41, 5.74) is 0.441. The van der Waals surface area contributed by atoms with Crippen LogP contribution in [0.4, 0.5) is 10.1 Å². The van der Waals surface area contributed by atoms with Crippen molar-refractivity contribution in [2.75, 3.05) is 17.1 Å². The van der Waals surface area contributed by atoms with Gasteiger partial charge in [0.05, 0.1) is 11.9 Å². The molecular formula is C23H29FIN3O4S. The summed E-state index contributed by atoms with van der Waals surface area (Å²) in [6, 6.07) is 11.4. The Bertz CT molecular complexity index is 1080. The molecule has 0 saturated heterocycles. The first-order chi connectivity index (χ1) is 15.2. The SMILES string of the molecule is C[C@H](C(=O)NC(C)(C)C)N(Cc1ccc(F)cc1)C(=O)CN(c1ccc(I)cc1)S(C)(=O)=O.